The molecule has 1 aromatic carbocycles. The Morgan fingerprint density at radius 1 is 1.06 bits per heavy atom. The SMILES string of the molecule is CC(C)(C)OC(=O)[C@@H]1CCCN1C(=O)c1cc(C2CC2)c(OC2[C@@H]3CC4C[C@H]2CC(F)(C4)C3)cc1F. The van der Waals surface area contributed by atoms with E-state index in [-0.39, 0.29) is 29.4 Å². The summed E-state index contributed by atoms with van der Waals surface area (Å²) < 4.78 is 42.7. The highest BCUT2D eigenvalue weighted by Gasteiger charge is 2.57. The van der Waals surface area contributed by atoms with Crippen molar-refractivity contribution in [2.75, 3.05) is 6.54 Å². The number of likely N-dealkylation sites (tertiary alicyclic amines) is 1. The molecule has 1 amide bonds. The van der Waals surface area contributed by atoms with Crippen LogP contribution in [0.3, 0.4) is 0 Å². The topological polar surface area (TPSA) is 55.8 Å². The van der Waals surface area contributed by atoms with Gasteiger partial charge in [0, 0.05) is 12.6 Å². The highest BCUT2D eigenvalue weighted by atomic mass is 19.1. The highest BCUT2D eigenvalue weighted by Crippen LogP contribution is 2.58. The summed E-state index contributed by atoms with van der Waals surface area (Å²) in [7, 11) is 0. The molecule has 6 fully saturated rings. The van der Waals surface area contributed by atoms with Gasteiger partial charge >= 0.3 is 5.97 Å². The maximum atomic E-state index is 15.5. The highest BCUT2D eigenvalue weighted by molar-refractivity contribution is 5.98. The van der Waals surface area contributed by atoms with E-state index in [0.29, 0.717) is 50.3 Å². The Labute approximate surface area is 211 Å². The number of carbonyl (C=O) groups excluding carboxylic acids is 2. The molecule has 7 heteroatoms. The fourth-order valence-corrected chi connectivity index (χ4v) is 7.55. The molecule has 36 heavy (non-hydrogen) atoms. The van der Waals surface area contributed by atoms with Gasteiger partial charge < -0.3 is 14.4 Å². The maximum Gasteiger partial charge on any atom is 0.329 e. The Balaban J connectivity index is 1.25. The Kier molecular flexibility index (Phi) is 5.65. The van der Waals surface area contributed by atoms with Gasteiger partial charge in [0.25, 0.3) is 5.91 Å². The first-order valence-corrected chi connectivity index (χ1v) is 13.7. The fourth-order valence-electron chi connectivity index (χ4n) is 7.55. The molecule has 6 atom stereocenters. The minimum absolute atomic E-state index is 0.00694. The number of hydrogen-bond acceptors (Lipinski definition) is 4. The van der Waals surface area contributed by atoms with Crippen molar-refractivity contribution < 1.29 is 27.8 Å². The average molecular weight is 502 g/mol. The summed E-state index contributed by atoms with van der Waals surface area (Å²) >= 11 is 0. The summed E-state index contributed by atoms with van der Waals surface area (Å²) in [5, 5.41) is 0. The van der Waals surface area contributed by atoms with Crippen LogP contribution in [0, 0.1) is 23.6 Å². The molecule has 5 nitrogen and oxygen atoms in total. The van der Waals surface area contributed by atoms with Gasteiger partial charge in [0.2, 0.25) is 0 Å². The predicted octanol–water partition coefficient (Wildman–Crippen LogP) is 5.95. The number of alkyl halides is 1. The molecule has 0 aromatic heterocycles. The standard InChI is InChI=1S/C29H37F2NO4/c1-28(2,3)36-27(34)23-5-4-8-32(23)26(33)21-11-20(17-6-7-17)24(12-22(21)30)35-25-18-9-16-10-19(25)15-29(31,13-16)14-18/h11-12,16-19,23,25H,4-10,13-15H2,1-3H3/t16?,18-,19+,23-,25?,29?/m0/s1. The van der Waals surface area contributed by atoms with Crippen LogP contribution in [0.15, 0.2) is 12.1 Å². The molecule has 3 unspecified atom stereocenters. The van der Waals surface area contributed by atoms with Crippen LogP contribution in [0.25, 0.3) is 0 Å². The summed E-state index contributed by atoms with van der Waals surface area (Å²) in [6.45, 7) is 5.78. The third kappa shape index (κ3) is 4.41. The first-order chi connectivity index (χ1) is 17.0. The molecule has 5 saturated carbocycles. The lowest BCUT2D eigenvalue weighted by atomic mass is 9.53. The zero-order valence-electron chi connectivity index (χ0n) is 21.5. The van der Waals surface area contributed by atoms with E-state index in [1.54, 1.807) is 26.8 Å². The van der Waals surface area contributed by atoms with E-state index in [9.17, 15) is 9.59 Å². The molecular weight excluding hydrogens is 464 g/mol. The molecule has 6 aliphatic rings. The summed E-state index contributed by atoms with van der Waals surface area (Å²) in [6.07, 6.45) is 6.83. The minimum Gasteiger partial charge on any atom is -0.489 e. The number of carbonyl (C=O) groups is 2. The largest absolute Gasteiger partial charge is 0.489 e. The zero-order chi connectivity index (χ0) is 25.4. The normalized spacial score (nSPS) is 35.2. The second-order valence-electron chi connectivity index (χ2n) is 13.0. The van der Waals surface area contributed by atoms with Crippen molar-refractivity contribution in [3.8, 4) is 5.75 Å². The van der Waals surface area contributed by atoms with Gasteiger partial charge in [-0.3, -0.25) is 4.79 Å². The van der Waals surface area contributed by atoms with Gasteiger partial charge in [-0.1, -0.05) is 0 Å². The first kappa shape index (κ1) is 24.2. The number of esters is 1. The quantitative estimate of drug-likeness (QED) is 0.468. The van der Waals surface area contributed by atoms with Crippen molar-refractivity contribution in [1.29, 1.82) is 0 Å². The van der Waals surface area contributed by atoms with Crippen molar-refractivity contribution in [1.82, 2.24) is 4.90 Å². The summed E-state index contributed by atoms with van der Waals surface area (Å²) in [6, 6.07) is 2.33. The van der Waals surface area contributed by atoms with Gasteiger partial charge in [0.15, 0.2) is 0 Å². The van der Waals surface area contributed by atoms with Gasteiger partial charge in [0.1, 0.15) is 35.0 Å². The number of rotatable bonds is 5. The Hall–Kier alpha value is -2.18. The number of nitrogens with zero attached hydrogens (tertiary/aromatic N) is 1. The molecule has 1 heterocycles. The molecule has 1 aliphatic heterocycles. The smallest absolute Gasteiger partial charge is 0.329 e. The van der Waals surface area contributed by atoms with E-state index < -0.39 is 35.0 Å². The van der Waals surface area contributed by atoms with Crippen molar-refractivity contribution in [2.45, 2.75) is 108 Å². The molecule has 7 rings (SSSR count). The zero-order valence-corrected chi connectivity index (χ0v) is 21.5. The van der Waals surface area contributed by atoms with Gasteiger partial charge in [-0.05, 0) is 114 Å². The van der Waals surface area contributed by atoms with Crippen LogP contribution in [-0.2, 0) is 9.53 Å². The number of halogens is 2. The lowest BCUT2D eigenvalue weighted by Crippen LogP contribution is -2.56. The van der Waals surface area contributed by atoms with E-state index in [1.165, 1.54) is 11.0 Å². The molecule has 0 radical (unpaired) electrons. The lowest BCUT2D eigenvalue weighted by Gasteiger charge is -2.56. The number of ether oxygens (including phenoxy) is 2. The van der Waals surface area contributed by atoms with E-state index in [1.807, 2.05) is 0 Å². The minimum atomic E-state index is -1.04. The monoisotopic (exact) mass is 501 g/mol. The van der Waals surface area contributed by atoms with Crippen molar-refractivity contribution in [3.05, 3.63) is 29.1 Å². The average Bonchev–Trinajstić information content (AvgIpc) is 3.48. The second kappa shape index (κ2) is 8.42. The molecular formula is C29H37F2NO4. The molecule has 5 aliphatic carbocycles. The number of benzene rings is 1. The van der Waals surface area contributed by atoms with Gasteiger partial charge in [-0.15, -0.1) is 0 Å². The van der Waals surface area contributed by atoms with Crippen LogP contribution in [0.2, 0.25) is 0 Å². The van der Waals surface area contributed by atoms with Crippen LogP contribution in [-0.4, -0.2) is 46.7 Å². The summed E-state index contributed by atoms with van der Waals surface area (Å²) in [5.74, 6) is 0.0323. The van der Waals surface area contributed by atoms with E-state index in [0.717, 1.165) is 31.2 Å². The van der Waals surface area contributed by atoms with Crippen LogP contribution in [0.4, 0.5) is 8.78 Å². The van der Waals surface area contributed by atoms with Gasteiger partial charge in [0.05, 0.1) is 5.56 Å². The van der Waals surface area contributed by atoms with Crippen molar-refractivity contribution in [2.24, 2.45) is 17.8 Å². The summed E-state index contributed by atoms with van der Waals surface area (Å²) in [5.41, 5.74) is -0.834. The Morgan fingerprint density at radius 2 is 1.75 bits per heavy atom. The Bertz CT molecular complexity index is 1060. The molecule has 0 N–H and O–H groups in total. The van der Waals surface area contributed by atoms with Crippen LogP contribution < -0.4 is 4.74 Å². The third-order valence-corrected chi connectivity index (χ3v) is 8.91. The molecule has 196 valence electrons. The Morgan fingerprint density at radius 3 is 2.36 bits per heavy atom. The molecule has 4 bridgehead atoms. The number of amides is 1. The van der Waals surface area contributed by atoms with E-state index in [4.69, 9.17) is 9.47 Å². The predicted molar refractivity (Wildman–Crippen MR) is 130 cm³/mol. The van der Waals surface area contributed by atoms with Crippen molar-refractivity contribution in [3.63, 3.8) is 0 Å². The molecule has 0 spiro atoms. The summed E-state index contributed by atoms with van der Waals surface area (Å²) in [4.78, 5) is 27.7. The van der Waals surface area contributed by atoms with Crippen LogP contribution >= 0.6 is 0 Å². The number of hydrogen-bond donors (Lipinski definition) is 0. The van der Waals surface area contributed by atoms with Crippen LogP contribution in [0.1, 0.15) is 100 Å². The maximum absolute atomic E-state index is 15.5. The molecule has 1 saturated heterocycles. The second-order valence-corrected chi connectivity index (χ2v) is 13.0. The van der Waals surface area contributed by atoms with Crippen molar-refractivity contribution >= 4 is 11.9 Å². The van der Waals surface area contributed by atoms with Crippen LogP contribution in [0.5, 0.6) is 5.75 Å². The lowest BCUT2D eigenvalue weighted by molar-refractivity contribution is -0.159. The fraction of sp³-hybridized carbons (Fsp3) is 0.724. The van der Waals surface area contributed by atoms with E-state index in [2.05, 4.69) is 0 Å². The molecule has 1 aromatic rings. The first-order valence-electron chi connectivity index (χ1n) is 13.7. The van der Waals surface area contributed by atoms with E-state index >= 15 is 8.78 Å². The van der Waals surface area contributed by atoms with Gasteiger partial charge in [-0.2, -0.15) is 0 Å². The van der Waals surface area contributed by atoms with Gasteiger partial charge in [-0.25, -0.2) is 13.6 Å². The third-order valence-electron chi connectivity index (χ3n) is 8.91.